The van der Waals surface area contributed by atoms with Gasteiger partial charge in [-0.15, -0.1) is 0 Å². The summed E-state index contributed by atoms with van der Waals surface area (Å²) in [6.45, 7) is 2.14. The number of hydrogen-bond donors (Lipinski definition) is 2. The molecule has 0 heterocycles. The maximum Gasteiger partial charge on any atom is 0.104 e. The van der Waals surface area contributed by atoms with Crippen LogP contribution >= 0.6 is 28.1 Å². The number of nitrogens with one attached hydrogen (secondary N) is 1. The molecule has 4 heteroatoms. The van der Waals surface area contributed by atoms with E-state index in [9.17, 15) is 0 Å². The van der Waals surface area contributed by atoms with Gasteiger partial charge < -0.3 is 11.1 Å². The van der Waals surface area contributed by atoms with Crippen LogP contribution in [0.1, 0.15) is 18.1 Å². The van der Waals surface area contributed by atoms with Gasteiger partial charge in [-0.2, -0.15) is 0 Å². The summed E-state index contributed by atoms with van der Waals surface area (Å²) in [5, 5.41) is 3.43. The van der Waals surface area contributed by atoms with Crippen LogP contribution in [0, 0.1) is 0 Å². The molecule has 0 saturated carbocycles. The van der Waals surface area contributed by atoms with Crippen molar-refractivity contribution < 1.29 is 0 Å². The minimum atomic E-state index is 0.404. The summed E-state index contributed by atoms with van der Waals surface area (Å²) >= 11 is 8.51. The van der Waals surface area contributed by atoms with E-state index >= 15 is 0 Å². The number of thiocarbonyl (C=S) groups is 1. The SMILES string of the molecule is CCc1ccccc1Nc1ccc(C(N)=S)cc1Br. The lowest BCUT2D eigenvalue weighted by atomic mass is 10.1. The van der Waals surface area contributed by atoms with Crippen LogP contribution in [0.4, 0.5) is 11.4 Å². The van der Waals surface area contributed by atoms with E-state index in [-0.39, 0.29) is 0 Å². The maximum atomic E-state index is 5.62. The first-order chi connectivity index (χ1) is 9.11. The highest BCUT2D eigenvalue weighted by atomic mass is 79.9. The molecule has 0 saturated heterocycles. The summed E-state index contributed by atoms with van der Waals surface area (Å²) in [4.78, 5) is 0.404. The summed E-state index contributed by atoms with van der Waals surface area (Å²) in [6.07, 6.45) is 0.992. The van der Waals surface area contributed by atoms with Crippen molar-refractivity contribution in [2.24, 2.45) is 5.73 Å². The van der Waals surface area contributed by atoms with Gasteiger partial charge in [-0.3, -0.25) is 0 Å². The Labute approximate surface area is 127 Å². The van der Waals surface area contributed by atoms with Gasteiger partial charge in [0.05, 0.1) is 5.69 Å². The van der Waals surface area contributed by atoms with E-state index in [4.69, 9.17) is 18.0 Å². The molecule has 0 unspecified atom stereocenters. The quantitative estimate of drug-likeness (QED) is 0.814. The number of hydrogen-bond acceptors (Lipinski definition) is 2. The van der Waals surface area contributed by atoms with Crippen LogP contribution in [0.5, 0.6) is 0 Å². The van der Waals surface area contributed by atoms with Gasteiger partial charge in [0.1, 0.15) is 4.99 Å². The number of aryl methyl sites for hydroxylation is 1. The monoisotopic (exact) mass is 334 g/mol. The van der Waals surface area contributed by atoms with Gasteiger partial charge in [-0.1, -0.05) is 37.3 Å². The minimum absolute atomic E-state index is 0.404. The average Bonchev–Trinajstić information content (AvgIpc) is 2.41. The number of rotatable bonds is 4. The summed E-state index contributed by atoms with van der Waals surface area (Å²) in [6, 6.07) is 14.1. The molecule has 2 nitrogen and oxygen atoms in total. The van der Waals surface area contributed by atoms with Gasteiger partial charge in [0, 0.05) is 15.7 Å². The number of para-hydroxylation sites is 1. The topological polar surface area (TPSA) is 38.0 Å². The minimum Gasteiger partial charge on any atom is -0.389 e. The Bertz CT molecular complexity index is 611. The van der Waals surface area contributed by atoms with Crippen molar-refractivity contribution in [3.8, 4) is 0 Å². The highest BCUT2D eigenvalue weighted by Crippen LogP contribution is 2.28. The van der Waals surface area contributed by atoms with Crippen molar-refractivity contribution in [3.05, 3.63) is 58.1 Å². The summed E-state index contributed by atoms with van der Waals surface area (Å²) in [5.41, 5.74) is 9.88. The molecule has 0 aromatic heterocycles. The van der Waals surface area contributed by atoms with Crippen molar-refractivity contribution in [1.82, 2.24) is 0 Å². The van der Waals surface area contributed by atoms with Crippen molar-refractivity contribution in [1.29, 1.82) is 0 Å². The Morgan fingerprint density at radius 2 is 1.95 bits per heavy atom. The van der Waals surface area contributed by atoms with Crippen LogP contribution in [0.3, 0.4) is 0 Å². The summed E-state index contributed by atoms with van der Waals surface area (Å²) in [5.74, 6) is 0. The smallest absolute Gasteiger partial charge is 0.104 e. The van der Waals surface area contributed by atoms with Crippen LogP contribution in [0.2, 0.25) is 0 Å². The fraction of sp³-hybridized carbons (Fsp3) is 0.133. The van der Waals surface area contributed by atoms with Gasteiger partial charge in [-0.05, 0) is 52.2 Å². The van der Waals surface area contributed by atoms with Crippen LogP contribution in [-0.4, -0.2) is 4.99 Å². The average molecular weight is 335 g/mol. The van der Waals surface area contributed by atoms with Crippen LogP contribution in [0.25, 0.3) is 0 Å². The van der Waals surface area contributed by atoms with E-state index in [2.05, 4.69) is 46.4 Å². The molecule has 0 atom stereocenters. The van der Waals surface area contributed by atoms with Gasteiger partial charge in [-0.25, -0.2) is 0 Å². The third kappa shape index (κ3) is 3.33. The molecule has 2 aromatic rings. The van der Waals surface area contributed by atoms with E-state index in [0.29, 0.717) is 4.99 Å². The fourth-order valence-corrected chi connectivity index (χ4v) is 2.47. The lowest BCUT2D eigenvalue weighted by Crippen LogP contribution is -2.09. The number of halogens is 1. The molecule has 0 fully saturated rings. The largest absolute Gasteiger partial charge is 0.389 e. The van der Waals surface area contributed by atoms with Gasteiger partial charge in [0.15, 0.2) is 0 Å². The zero-order chi connectivity index (χ0) is 13.8. The molecule has 98 valence electrons. The molecular formula is C15H15BrN2S. The second kappa shape index (κ2) is 6.17. The zero-order valence-corrected chi connectivity index (χ0v) is 13.0. The Morgan fingerprint density at radius 3 is 2.58 bits per heavy atom. The summed E-state index contributed by atoms with van der Waals surface area (Å²) in [7, 11) is 0. The van der Waals surface area contributed by atoms with E-state index in [1.165, 1.54) is 5.56 Å². The third-order valence-electron chi connectivity index (χ3n) is 2.92. The van der Waals surface area contributed by atoms with Crippen LogP contribution < -0.4 is 11.1 Å². The van der Waals surface area contributed by atoms with E-state index < -0.39 is 0 Å². The Morgan fingerprint density at radius 1 is 1.21 bits per heavy atom. The number of anilines is 2. The third-order valence-corrected chi connectivity index (χ3v) is 3.81. The second-order valence-electron chi connectivity index (χ2n) is 4.19. The molecular weight excluding hydrogens is 320 g/mol. The van der Waals surface area contributed by atoms with Crippen molar-refractivity contribution >= 4 is 44.5 Å². The second-order valence-corrected chi connectivity index (χ2v) is 5.49. The van der Waals surface area contributed by atoms with Crippen molar-refractivity contribution in [2.45, 2.75) is 13.3 Å². The van der Waals surface area contributed by atoms with Gasteiger partial charge in [0.25, 0.3) is 0 Å². The number of nitrogens with two attached hydrogens (primary N) is 1. The molecule has 3 N–H and O–H groups in total. The van der Waals surface area contributed by atoms with E-state index in [1.54, 1.807) is 0 Å². The molecule has 0 spiro atoms. The van der Waals surface area contributed by atoms with Crippen LogP contribution in [-0.2, 0) is 6.42 Å². The fourth-order valence-electron chi connectivity index (χ4n) is 1.87. The molecule has 0 radical (unpaired) electrons. The Kier molecular flexibility index (Phi) is 4.56. The molecule has 19 heavy (non-hydrogen) atoms. The lowest BCUT2D eigenvalue weighted by Gasteiger charge is -2.13. The van der Waals surface area contributed by atoms with Crippen molar-refractivity contribution in [2.75, 3.05) is 5.32 Å². The van der Waals surface area contributed by atoms with Gasteiger partial charge in [0.2, 0.25) is 0 Å². The molecule has 2 aromatic carbocycles. The highest BCUT2D eigenvalue weighted by Gasteiger charge is 2.05. The predicted octanol–water partition coefficient (Wildman–Crippen LogP) is 4.39. The molecule has 0 aliphatic heterocycles. The van der Waals surface area contributed by atoms with E-state index in [1.807, 2.05) is 24.3 Å². The summed E-state index contributed by atoms with van der Waals surface area (Å²) < 4.78 is 0.948. The molecule has 0 aliphatic rings. The maximum absolute atomic E-state index is 5.62. The van der Waals surface area contributed by atoms with E-state index in [0.717, 1.165) is 27.8 Å². The normalized spacial score (nSPS) is 10.2. The molecule has 0 bridgehead atoms. The first-order valence-electron chi connectivity index (χ1n) is 6.06. The standard InChI is InChI=1S/C15H15BrN2S/c1-2-10-5-3-4-6-13(10)18-14-8-7-11(15(17)19)9-12(14)16/h3-9,18H,2H2,1H3,(H2,17,19). The van der Waals surface area contributed by atoms with Crippen molar-refractivity contribution in [3.63, 3.8) is 0 Å². The molecule has 0 aliphatic carbocycles. The Balaban J connectivity index is 2.31. The Hall–Kier alpha value is -1.39. The molecule has 2 rings (SSSR count). The number of benzene rings is 2. The zero-order valence-electron chi connectivity index (χ0n) is 10.6. The first-order valence-corrected chi connectivity index (χ1v) is 7.26. The lowest BCUT2D eigenvalue weighted by molar-refractivity contribution is 1.14. The first kappa shape index (κ1) is 14.0. The highest BCUT2D eigenvalue weighted by molar-refractivity contribution is 9.10. The molecule has 0 amide bonds. The van der Waals surface area contributed by atoms with Crippen LogP contribution in [0.15, 0.2) is 46.9 Å². The predicted molar refractivity (Wildman–Crippen MR) is 89.1 cm³/mol. The van der Waals surface area contributed by atoms with Gasteiger partial charge >= 0.3 is 0 Å².